The van der Waals surface area contributed by atoms with E-state index in [1.54, 1.807) is 0 Å². The second-order valence-electron chi connectivity index (χ2n) is 4.16. The largest absolute Gasteiger partial charge is 0.384 e. The van der Waals surface area contributed by atoms with Gasteiger partial charge in [0, 0.05) is 18.1 Å². The van der Waals surface area contributed by atoms with Gasteiger partial charge in [0.25, 0.3) is 0 Å². The summed E-state index contributed by atoms with van der Waals surface area (Å²) in [6, 6.07) is 7.54. The highest BCUT2D eigenvalue weighted by Crippen LogP contribution is 2.32. The SMILES string of the molecule is CCN1CCC(O)(c2cccc(Cl)c2)C1. The first-order valence-corrected chi connectivity index (χ1v) is 5.72. The van der Waals surface area contributed by atoms with E-state index in [0.29, 0.717) is 11.6 Å². The van der Waals surface area contributed by atoms with Gasteiger partial charge in [0.1, 0.15) is 5.60 Å². The third-order valence-corrected chi connectivity index (χ3v) is 3.37. The molecule has 1 aliphatic rings. The van der Waals surface area contributed by atoms with Crippen LogP contribution in [0.25, 0.3) is 0 Å². The Morgan fingerprint density at radius 1 is 1.53 bits per heavy atom. The van der Waals surface area contributed by atoms with E-state index in [2.05, 4.69) is 11.8 Å². The van der Waals surface area contributed by atoms with Crippen LogP contribution in [-0.2, 0) is 5.60 Å². The molecule has 1 fully saturated rings. The van der Waals surface area contributed by atoms with Crippen LogP contribution >= 0.6 is 11.6 Å². The highest BCUT2D eigenvalue weighted by Gasteiger charge is 2.36. The van der Waals surface area contributed by atoms with Gasteiger partial charge in [0.15, 0.2) is 0 Å². The predicted molar refractivity (Wildman–Crippen MR) is 62.1 cm³/mol. The average molecular weight is 226 g/mol. The van der Waals surface area contributed by atoms with Gasteiger partial charge in [0.05, 0.1) is 0 Å². The molecule has 1 unspecified atom stereocenters. The predicted octanol–water partition coefficient (Wildman–Crippen LogP) is 2.25. The maximum atomic E-state index is 10.5. The summed E-state index contributed by atoms with van der Waals surface area (Å²) < 4.78 is 0. The zero-order valence-corrected chi connectivity index (χ0v) is 9.67. The van der Waals surface area contributed by atoms with E-state index in [-0.39, 0.29) is 0 Å². The standard InChI is InChI=1S/C12H16ClNO/c1-2-14-7-6-12(15,9-14)10-4-3-5-11(13)8-10/h3-5,8,15H,2,6-7,9H2,1H3. The van der Waals surface area contributed by atoms with E-state index < -0.39 is 5.60 Å². The van der Waals surface area contributed by atoms with Crippen LogP contribution < -0.4 is 0 Å². The smallest absolute Gasteiger partial charge is 0.103 e. The summed E-state index contributed by atoms with van der Waals surface area (Å²) in [5.41, 5.74) is 0.229. The first-order valence-electron chi connectivity index (χ1n) is 5.35. The summed E-state index contributed by atoms with van der Waals surface area (Å²) in [6.45, 7) is 4.77. The molecule has 1 aromatic carbocycles. The van der Waals surface area contributed by atoms with Crippen LogP contribution in [-0.4, -0.2) is 29.6 Å². The van der Waals surface area contributed by atoms with Gasteiger partial charge >= 0.3 is 0 Å². The molecule has 0 saturated carbocycles. The van der Waals surface area contributed by atoms with Gasteiger partial charge in [-0.3, -0.25) is 0 Å². The fourth-order valence-corrected chi connectivity index (χ4v) is 2.34. The number of nitrogens with zero attached hydrogens (tertiary/aromatic N) is 1. The molecule has 0 aliphatic carbocycles. The Morgan fingerprint density at radius 3 is 2.93 bits per heavy atom. The number of β-amino-alcohol motifs (C(OH)–C–C–N with tert-alkyl or cyclic N) is 1. The highest BCUT2D eigenvalue weighted by molar-refractivity contribution is 6.30. The number of benzene rings is 1. The number of likely N-dealkylation sites (N-methyl/N-ethyl adjacent to an activating group) is 1. The van der Waals surface area contributed by atoms with Crippen molar-refractivity contribution in [1.82, 2.24) is 4.90 Å². The molecule has 0 spiro atoms. The first kappa shape index (κ1) is 10.9. The minimum atomic E-state index is -0.707. The lowest BCUT2D eigenvalue weighted by Crippen LogP contribution is -2.30. The van der Waals surface area contributed by atoms with Gasteiger partial charge in [-0.25, -0.2) is 0 Å². The molecule has 0 aromatic heterocycles. The molecule has 2 rings (SSSR count). The molecule has 0 radical (unpaired) electrons. The molecule has 2 nitrogen and oxygen atoms in total. The molecule has 0 amide bonds. The normalized spacial score (nSPS) is 27.1. The van der Waals surface area contributed by atoms with Gasteiger partial charge in [0.2, 0.25) is 0 Å². The number of hydrogen-bond donors (Lipinski definition) is 1. The summed E-state index contributed by atoms with van der Waals surface area (Å²) >= 11 is 5.93. The summed E-state index contributed by atoms with van der Waals surface area (Å²) in [5, 5.41) is 11.2. The molecule has 1 aromatic rings. The van der Waals surface area contributed by atoms with Crippen molar-refractivity contribution in [3.63, 3.8) is 0 Å². The van der Waals surface area contributed by atoms with E-state index in [1.165, 1.54) is 0 Å². The molecule has 1 heterocycles. The second-order valence-corrected chi connectivity index (χ2v) is 4.60. The van der Waals surface area contributed by atoms with Crippen molar-refractivity contribution in [2.45, 2.75) is 18.9 Å². The summed E-state index contributed by atoms with van der Waals surface area (Å²) in [7, 11) is 0. The van der Waals surface area contributed by atoms with Crippen molar-refractivity contribution in [3.8, 4) is 0 Å². The quantitative estimate of drug-likeness (QED) is 0.835. The molecular formula is C12H16ClNO. The fraction of sp³-hybridized carbons (Fsp3) is 0.500. The summed E-state index contributed by atoms with van der Waals surface area (Å²) in [4.78, 5) is 2.25. The molecule has 1 saturated heterocycles. The molecule has 82 valence electrons. The average Bonchev–Trinajstić information content (AvgIpc) is 2.62. The zero-order valence-electron chi connectivity index (χ0n) is 8.91. The number of halogens is 1. The third kappa shape index (κ3) is 2.17. The molecule has 15 heavy (non-hydrogen) atoms. The van der Waals surface area contributed by atoms with Crippen LogP contribution in [0, 0.1) is 0 Å². The highest BCUT2D eigenvalue weighted by atomic mass is 35.5. The summed E-state index contributed by atoms with van der Waals surface area (Å²) in [6.07, 6.45) is 0.793. The van der Waals surface area contributed by atoms with Crippen molar-refractivity contribution in [2.24, 2.45) is 0 Å². The van der Waals surface area contributed by atoms with Gasteiger partial charge in [-0.05, 0) is 30.7 Å². The van der Waals surface area contributed by atoms with Gasteiger partial charge in [-0.15, -0.1) is 0 Å². The number of aliphatic hydroxyl groups is 1. The molecule has 0 bridgehead atoms. The number of rotatable bonds is 2. The monoisotopic (exact) mass is 225 g/mol. The number of hydrogen-bond acceptors (Lipinski definition) is 2. The number of likely N-dealkylation sites (tertiary alicyclic amines) is 1. The molecule has 1 aliphatic heterocycles. The Kier molecular flexibility index (Phi) is 3.01. The van der Waals surface area contributed by atoms with Crippen LogP contribution in [0.4, 0.5) is 0 Å². The maximum absolute atomic E-state index is 10.5. The van der Waals surface area contributed by atoms with Crippen LogP contribution in [0.5, 0.6) is 0 Å². The minimum absolute atomic E-state index is 0.691. The first-order chi connectivity index (χ1) is 7.14. The van der Waals surface area contributed by atoms with Crippen LogP contribution in [0.15, 0.2) is 24.3 Å². The fourth-order valence-electron chi connectivity index (χ4n) is 2.15. The Hall–Kier alpha value is -0.570. The Bertz CT molecular complexity index is 355. The van der Waals surface area contributed by atoms with Crippen LogP contribution in [0.1, 0.15) is 18.9 Å². The van der Waals surface area contributed by atoms with Crippen molar-refractivity contribution in [1.29, 1.82) is 0 Å². The minimum Gasteiger partial charge on any atom is -0.384 e. The Balaban J connectivity index is 2.23. The van der Waals surface area contributed by atoms with Gasteiger partial charge in [-0.1, -0.05) is 30.7 Å². The van der Waals surface area contributed by atoms with E-state index in [9.17, 15) is 5.11 Å². The molecular weight excluding hydrogens is 210 g/mol. The van der Waals surface area contributed by atoms with Crippen LogP contribution in [0.3, 0.4) is 0 Å². The topological polar surface area (TPSA) is 23.5 Å². The van der Waals surface area contributed by atoms with E-state index in [4.69, 9.17) is 11.6 Å². The van der Waals surface area contributed by atoms with Crippen LogP contribution in [0.2, 0.25) is 5.02 Å². The van der Waals surface area contributed by atoms with Gasteiger partial charge in [-0.2, -0.15) is 0 Å². The second kappa shape index (κ2) is 4.12. The molecule has 1 atom stereocenters. The Labute approximate surface area is 95.5 Å². The molecule has 3 heteroatoms. The lowest BCUT2D eigenvalue weighted by Gasteiger charge is -2.23. The van der Waals surface area contributed by atoms with Crippen molar-refractivity contribution in [3.05, 3.63) is 34.9 Å². The van der Waals surface area contributed by atoms with E-state index in [0.717, 1.165) is 25.1 Å². The van der Waals surface area contributed by atoms with Crippen molar-refractivity contribution in [2.75, 3.05) is 19.6 Å². The Morgan fingerprint density at radius 2 is 2.33 bits per heavy atom. The summed E-state index contributed by atoms with van der Waals surface area (Å²) in [5.74, 6) is 0. The van der Waals surface area contributed by atoms with Crippen molar-refractivity contribution < 1.29 is 5.11 Å². The third-order valence-electron chi connectivity index (χ3n) is 3.14. The lowest BCUT2D eigenvalue weighted by molar-refractivity contribution is 0.0467. The van der Waals surface area contributed by atoms with Gasteiger partial charge < -0.3 is 10.0 Å². The zero-order chi connectivity index (χ0) is 10.9. The van der Waals surface area contributed by atoms with Crippen molar-refractivity contribution >= 4 is 11.6 Å². The lowest BCUT2D eigenvalue weighted by atomic mass is 9.93. The maximum Gasteiger partial charge on any atom is 0.103 e. The molecule has 1 N–H and O–H groups in total. The van der Waals surface area contributed by atoms with E-state index in [1.807, 2.05) is 24.3 Å². The van der Waals surface area contributed by atoms with E-state index >= 15 is 0 Å².